The van der Waals surface area contributed by atoms with Crippen molar-refractivity contribution in [1.29, 1.82) is 0 Å². The fourth-order valence-corrected chi connectivity index (χ4v) is 4.44. The summed E-state index contributed by atoms with van der Waals surface area (Å²) in [7, 11) is 0. The van der Waals surface area contributed by atoms with Crippen LogP contribution in [0.1, 0.15) is 52.4 Å². The summed E-state index contributed by atoms with van der Waals surface area (Å²) in [6.45, 7) is 4.05. The number of carbonyl (C=O) groups is 2. The topological polar surface area (TPSA) is 76.0 Å². The lowest BCUT2D eigenvalue weighted by molar-refractivity contribution is -0.116. The van der Waals surface area contributed by atoms with Crippen LogP contribution in [0.5, 0.6) is 0 Å². The minimum absolute atomic E-state index is 0.147. The number of anilines is 2. The minimum Gasteiger partial charge on any atom is -0.343 e. The Morgan fingerprint density at radius 3 is 2.65 bits per heavy atom. The maximum absolute atomic E-state index is 13.1. The Hall–Kier alpha value is -3.67. The third-order valence-electron chi connectivity index (χ3n) is 6.08. The number of aryl methyl sites for hydroxylation is 2. The van der Waals surface area contributed by atoms with Crippen LogP contribution in [0.2, 0.25) is 0 Å². The van der Waals surface area contributed by atoms with Crippen molar-refractivity contribution in [2.45, 2.75) is 39.2 Å². The Morgan fingerprint density at radius 2 is 1.87 bits per heavy atom. The Kier molecular flexibility index (Phi) is 4.70. The second kappa shape index (κ2) is 7.54. The number of ketones is 1. The molecule has 5 rings (SSSR count). The Bertz CT molecular complexity index is 1220. The number of nitrogens with zero attached hydrogens (tertiary/aromatic N) is 2. The van der Waals surface area contributed by atoms with Gasteiger partial charge in [-0.2, -0.15) is 5.10 Å². The number of rotatable bonds is 3. The first kappa shape index (κ1) is 19.3. The predicted octanol–water partition coefficient (Wildman–Crippen LogP) is 4.77. The van der Waals surface area contributed by atoms with Crippen molar-refractivity contribution in [3.63, 3.8) is 0 Å². The van der Waals surface area contributed by atoms with Crippen LogP contribution in [-0.2, 0) is 4.79 Å². The molecular weight excluding hydrogens is 388 g/mol. The number of amides is 1. The molecular formula is C25H24N4O2. The van der Waals surface area contributed by atoms with Gasteiger partial charge in [-0.1, -0.05) is 42.0 Å². The van der Waals surface area contributed by atoms with Crippen molar-refractivity contribution in [2.75, 3.05) is 10.6 Å². The molecule has 0 radical (unpaired) electrons. The van der Waals surface area contributed by atoms with Crippen LogP contribution in [0.4, 0.5) is 11.5 Å². The second-order valence-electron chi connectivity index (χ2n) is 8.22. The Balaban J connectivity index is 1.58. The molecule has 31 heavy (non-hydrogen) atoms. The van der Waals surface area contributed by atoms with Gasteiger partial charge in [-0.3, -0.25) is 9.59 Å². The molecule has 0 saturated heterocycles. The van der Waals surface area contributed by atoms with Crippen molar-refractivity contribution in [2.24, 2.45) is 0 Å². The third kappa shape index (κ3) is 3.34. The van der Waals surface area contributed by atoms with Gasteiger partial charge in [0, 0.05) is 23.4 Å². The lowest BCUT2D eigenvalue weighted by atomic mass is 9.84. The number of Topliss-reactive ketones (excluding diaryl/α,β-unsaturated/α-hetero) is 1. The van der Waals surface area contributed by atoms with E-state index in [4.69, 9.17) is 0 Å². The highest BCUT2D eigenvalue weighted by Gasteiger charge is 2.38. The van der Waals surface area contributed by atoms with E-state index in [1.807, 2.05) is 62.4 Å². The summed E-state index contributed by atoms with van der Waals surface area (Å²) in [5.41, 5.74) is 6.11. The molecule has 1 aromatic heterocycles. The van der Waals surface area contributed by atoms with Crippen LogP contribution in [0, 0.1) is 13.8 Å². The molecule has 1 aliphatic heterocycles. The summed E-state index contributed by atoms with van der Waals surface area (Å²) < 4.78 is 1.79. The highest BCUT2D eigenvalue weighted by Crippen LogP contribution is 2.42. The van der Waals surface area contributed by atoms with Gasteiger partial charge in [-0.15, -0.1) is 0 Å². The van der Waals surface area contributed by atoms with Gasteiger partial charge in [0.2, 0.25) is 0 Å². The van der Waals surface area contributed by atoms with Gasteiger partial charge in [0.05, 0.1) is 6.20 Å². The van der Waals surface area contributed by atoms with Gasteiger partial charge < -0.3 is 10.6 Å². The molecule has 0 spiro atoms. The number of fused-ring (bicyclic) bond motifs is 1. The molecule has 0 unspecified atom stereocenters. The number of benzene rings is 2. The van der Waals surface area contributed by atoms with Crippen LogP contribution >= 0.6 is 0 Å². The van der Waals surface area contributed by atoms with E-state index in [0.29, 0.717) is 17.8 Å². The van der Waals surface area contributed by atoms with Crippen molar-refractivity contribution in [1.82, 2.24) is 9.78 Å². The van der Waals surface area contributed by atoms with Crippen LogP contribution in [-0.4, -0.2) is 21.5 Å². The van der Waals surface area contributed by atoms with Crippen LogP contribution in [0.15, 0.2) is 66.0 Å². The minimum atomic E-state index is -0.332. The summed E-state index contributed by atoms with van der Waals surface area (Å²) in [5, 5.41) is 10.9. The number of aromatic nitrogens is 2. The first-order valence-corrected chi connectivity index (χ1v) is 10.6. The number of allylic oxidation sites excluding steroid dienone is 2. The smallest absolute Gasteiger partial charge is 0.261 e. The van der Waals surface area contributed by atoms with E-state index in [1.165, 1.54) is 0 Å². The highest BCUT2D eigenvalue weighted by molar-refractivity contribution is 6.08. The van der Waals surface area contributed by atoms with Crippen LogP contribution in [0.3, 0.4) is 0 Å². The molecule has 0 bridgehead atoms. The summed E-state index contributed by atoms with van der Waals surface area (Å²) in [6.07, 6.45) is 3.72. The Labute approximate surface area is 181 Å². The first-order chi connectivity index (χ1) is 15.0. The van der Waals surface area contributed by atoms with E-state index in [-0.39, 0.29) is 17.7 Å². The van der Waals surface area contributed by atoms with E-state index in [2.05, 4.69) is 15.7 Å². The maximum atomic E-state index is 13.1. The molecule has 6 heteroatoms. The molecule has 2 aromatic carbocycles. The summed E-state index contributed by atoms with van der Waals surface area (Å²) in [4.78, 5) is 26.0. The van der Waals surface area contributed by atoms with E-state index >= 15 is 0 Å². The van der Waals surface area contributed by atoms with Crippen molar-refractivity contribution >= 4 is 23.2 Å². The summed E-state index contributed by atoms with van der Waals surface area (Å²) in [6, 6.07) is 15.4. The zero-order chi connectivity index (χ0) is 21.5. The van der Waals surface area contributed by atoms with Gasteiger partial charge in [-0.25, -0.2) is 4.68 Å². The molecule has 0 fully saturated rings. The fourth-order valence-electron chi connectivity index (χ4n) is 4.44. The van der Waals surface area contributed by atoms with Crippen molar-refractivity contribution in [3.05, 3.63) is 88.3 Å². The van der Waals surface area contributed by atoms with Gasteiger partial charge in [-0.05, 0) is 49.9 Å². The first-order valence-electron chi connectivity index (χ1n) is 10.6. The zero-order valence-corrected chi connectivity index (χ0v) is 17.6. The maximum Gasteiger partial charge on any atom is 0.261 e. The molecule has 6 nitrogen and oxygen atoms in total. The van der Waals surface area contributed by atoms with Crippen molar-refractivity contribution < 1.29 is 9.59 Å². The van der Waals surface area contributed by atoms with Crippen LogP contribution in [0.25, 0.3) is 0 Å². The van der Waals surface area contributed by atoms with E-state index in [9.17, 15) is 9.59 Å². The fraction of sp³-hybridized carbons (Fsp3) is 0.240. The SMILES string of the molecule is Cc1ccc(NC(=O)c2cnn3c2NC2=C(C(=O)CCC2)[C@H]3c2ccccc2C)cc1. The second-order valence-corrected chi connectivity index (χ2v) is 8.22. The molecule has 1 amide bonds. The standard InChI is InChI=1S/C25H24N4O2/c1-15-10-12-17(13-11-15)27-25(31)19-14-26-29-23(18-7-4-3-6-16(18)2)22-20(28-24(19)29)8-5-9-21(22)30/h3-4,6-7,10-14,23,28H,5,8-9H2,1-2H3,(H,27,31)/t23-/m1/s1. The predicted molar refractivity (Wildman–Crippen MR) is 120 cm³/mol. The van der Waals surface area contributed by atoms with Gasteiger partial charge in [0.15, 0.2) is 5.78 Å². The lowest BCUT2D eigenvalue weighted by Gasteiger charge is -2.34. The third-order valence-corrected chi connectivity index (χ3v) is 6.08. The normalized spacial score (nSPS) is 17.6. The quantitative estimate of drug-likeness (QED) is 0.649. The summed E-state index contributed by atoms with van der Waals surface area (Å²) >= 11 is 0. The molecule has 2 N–H and O–H groups in total. The molecule has 0 saturated carbocycles. The van der Waals surface area contributed by atoms with Crippen molar-refractivity contribution in [3.8, 4) is 0 Å². The highest BCUT2D eigenvalue weighted by atomic mass is 16.1. The lowest BCUT2D eigenvalue weighted by Crippen LogP contribution is -2.32. The largest absolute Gasteiger partial charge is 0.343 e. The van der Waals surface area contributed by atoms with Gasteiger partial charge >= 0.3 is 0 Å². The average Bonchev–Trinajstić information content (AvgIpc) is 3.18. The average molecular weight is 412 g/mol. The van der Waals surface area contributed by atoms with E-state index in [0.717, 1.165) is 46.5 Å². The van der Waals surface area contributed by atoms with E-state index in [1.54, 1.807) is 10.9 Å². The number of hydrogen-bond acceptors (Lipinski definition) is 4. The monoisotopic (exact) mass is 412 g/mol. The molecule has 1 atom stereocenters. The van der Waals surface area contributed by atoms with E-state index < -0.39 is 0 Å². The Morgan fingerprint density at radius 1 is 1.10 bits per heavy atom. The molecule has 3 aromatic rings. The number of carbonyl (C=O) groups excluding carboxylic acids is 2. The molecule has 1 aliphatic carbocycles. The number of nitrogens with one attached hydrogen (secondary N) is 2. The molecule has 2 aliphatic rings. The summed E-state index contributed by atoms with van der Waals surface area (Å²) in [5.74, 6) is 0.549. The van der Waals surface area contributed by atoms with Gasteiger partial charge in [0.1, 0.15) is 17.4 Å². The molecule has 2 heterocycles. The number of hydrogen-bond donors (Lipinski definition) is 2. The van der Waals surface area contributed by atoms with Gasteiger partial charge in [0.25, 0.3) is 5.91 Å². The zero-order valence-electron chi connectivity index (χ0n) is 17.6. The molecule has 156 valence electrons. The van der Waals surface area contributed by atoms with Crippen LogP contribution < -0.4 is 10.6 Å².